The number of thiazole rings is 1. The fourth-order valence-corrected chi connectivity index (χ4v) is 6.21. The van der Waals surface area contributed by atoms with E-state index in [1.807, 2.05) is 25.1 Å². The first-order chi connectivity index (χ1) is 16.0. The summed E-state index contributed by atoms with van der Waals surface area (Å²) < 4.78 is 37.6. The van der Waals surface area contributed by atoms with Crippen molar-refractivity contribution in [3.63, 3.8) is 0 Å². The van der Waals surface area contributed by atoms with Crippen LogP contribution >= 0.6 is 11.3 Å². The second-order valence-electron chi connectivity index (χ2n) is 7.91. The number of hydrogen-bond donors (Lipinski definition) is 0. The van der Waals surface area contributed by atoms with Gasteiger partial charge in [-0.1, -0.05) is 35.6 Å². The van der Waals surface area contributed by atoms with Gasteiger partial charge in [-0.15, -0.1) is 0 Å². The van der Waals surface area contributed by atoms with Gasteiger partial charge in [-0.25, -0.2) is 13.4 Å². The van der Waals surface area contributed by atoms with E-state index in [-0.39, 0.29) is 35.5 Å². The first kappa shape index (κ1) is 23.7. The Hall–Kier alpha value is -2.49. The molecule has 0 bridgehead atoms. The molecule has 0 saturated carbocycles. The van der Waals surface area contributed by atoms with Crippen LogP contribution in [0, 0.1) is 0 Å². The molecule has 1 amide bonds. The number of aromatic nitrogens is 1. The Morgan fingerprint density at radius 1 is 1.21 bits per heavy atom. The number of carbonyl (C=O) groups is 1. The Labute approximate surface area is 198 Å². The number of anilines is 1. The number of para-hydroxylation sites is 1. The zero-order chi connectivity index (χ0) is 23.3. The van der Waals surface area contributed by atoms with Crippen LogP contribution in [-0.2, 0) is 19.4 Å². The zero-order valence-corrected chi connectivity index (χ0v) is 20.2. The van der Waals surface area contributed by atoms with Crippen molar-refractivity contribution in [2.24, 2.45) is 0 Å². The summed E-state index contributed by atoms with van der Waals surface area (Å²) in [5.74, 6) is 0.465. The van der Waals surface area contributed by atoms with Crippen molar-refractivity contribution in [1.82, 2.24) is 4.98 Å². The Morgan fingerprint density at radius 2 is 2.03 bits per heavy atom. The van der Waals surface area contributed by atoms with Crippen LogP contribution in [0.1, 0.15) is 32.6 Å². The Bertz CT molecular complexity index is 1190. The van der Waals surface area contributed by atoms with Crippen LogP contribution in [-0.4, -0.2) is 50.9 Å². The first-order valence-corrected chi connectivity index (χ1v) is 13.7. The highest BCUT2D eigenvalue weighted by Gasteiger charge is 2.27. The third-order valence-electron chi connectivity index (χ3n) is 5.52. The van der Waals surface area contributed by atoms with Gasteiger partial charge >= 0.3 is 0 Å². The summed E-state index contributed by atoms with van der Waals surface area (Å²) in [7, 11) is -3.43. The highest BCUT2D eigenvalue weighted by molar-refractivity contribution is 7.91. The van der Waals surface area contributed by atoms with Gasteiger partial charge in [0.25, 0.3) is 0 Å². The number of ether oxygens (including phenoxy) is 2. The largest absolute Gasteiger partial charge is 0.492 e. The predicted octanol–water partition coefficient (Wildman–Crippen LogP) is 4.46. The molecular weight excluding hydrogens is 460 g/mol. The monoisotopic (exact) mass is 488 g/mol. The van der Waals surface area contributed by atoms with Crippen LogP contribution in [0.5, 0.6) is 5.75 Å². The van der Waals surface area contributed by atoms with Crippen molar-refractivity contribution in [1.29, 1.82) is 0 Å². The van der Waals surface area contributed by atoms with Crippen LogP contribution in [0.15, 0.2) is 53.4 Å². The minimum absolute atomic E-state index is 0.0413. The lowest BCUT2D eigenvalue weighted by atomic mass is 10.2. The van der Waals surface area contributed by atoms with E-state index in [2.05, 4.69) is 0 Å². The van der Waals surface area contributed by atoms with Gasteiger partial charge in [0.05, 0.1) is 34.6 Å². The summed E-state index contributed by atoms with van der Waals surface area (Å²) >= 11 is 1.43. The zero-order valence-electron chi connectivity index (χ0n) is 18.6. The minimum Gasteiger partial charge on any atom is -0.492 e. The molecule has 176 valence electrons. The summed E-state index contributed by atoms with van der Waals surface area (Å²) in [5, 5.41) is 0.587. The van der Waals surface area contributed by atoms with E-state index in [9.17, 15) is 13.2 Å². The maximum absolute atomic E-state index is 13.3. The van der Waals surface area contributed by atoms with Gasteiger partial charge in [-0.2, -0.15) is 0 Å². The highest BCUT2D eigenvalue weighted by Crippen LogP contribution is 2.35. The standard InChI is InChI=1S/C24H28N2O5S2/c1-2-30-20-12-6-13-21-23(20)25-24(32-21)26(17-18-9-7-15-31-18)22(27)14-8-16-33(28,29)19-10-4-3-5-11-19/h3-6,10-13,18H,2,7-9,14-17H2,1H3. The molecule has 1 aliphatic rings. The van der Waals surface area contributed by atoms with Gasteiger partial charge in [0, 0.05) is 13.0 Å². The lowest BCUT2D eigenvalue weighted by Gasteiger charge is -2.23. The molecule has 1 saturated heterocycles. The van der Waals surface area contributed by atoms with Crippen LogP contribution in [0.25, 0.3) is 10.2 Å². The van der Waals surface area contributed by atoms with E-state index in [4.69, 9.17) is 14.5 Å². The molecule has 1 aliphatic heterocycles. The average molecular weight is 489 g/mol. The molecule has 0 N–H and O–H groups in total. The Kier molecular flexibility index (Phi) is 7.62. The summed E-state index contributed by atoms with van der Waals surface area (Å²) in [6.45, 7) is 3.55. The fraction of sp³-hybridized carbons (Fsp3) is 0.417. The first-order valence-electron chi connectivity index (χ1n) is 11.2. The number of carbonyl (C=O) groups excluding carboxylic acids is 1. The highest BCUT2D eigenvalue weighted by atomic mass is 32.2. The summed E-state index contributed by atoms with van der Waals surface area (Å²) in [6.07, 6.45) is 2.18. The molecule has 3 aromatic rings. The van der Waals surface area contributed by atoms with E-state index in [0.717, 1.165) is 23.1 Å². The van der Waals surface area contributed by atoms with Crippen molar-refractivity contribution in [3.05, 3.63) is 48.5 Å². The molecule has 2 heterocycles. The average Bonchev–Trinajstić information content (AvgIpc) is 3.48. The maximum Gasteiger partial charge on any atom is 0.228 e. The molecule has 1 fully saturated rings. The van der Waals surface area contributed by atoms with Gasteiger partial charge in [-0.05, 0) is 50.5 Å². The second kappa shape index (κ2) is 10.6. The number of hydrogen-bond acceptors (Lipinski definition) is 7. The Morgan fingerprint density at radius 3 is 2.76 bits per heavy atom. The van der Waals surface area contributed by atoms with Gasteiger partial charge in [0.15, 0.2) is 15.0 Å². The van der Waals surface area contributed by atoms with E-state index < -0.39 is 9.84 Å². The van der Waals surface area contributed by atoms with Crippen LogP contribution < -0.4 is 9.64 Å². The van der Waals surface area contributed by atoms with Crippen molar-refractivity contribution in [2.75, 3.05) is 30.4 Å². The van der Waals surface area contributed by atoms with Crippen LogP contribution in [0.2, 0.25) is 0 Å². The molecule has 2 aromatic carbocycles. The summed E-state index contributed by atoms with van der Waals surface area (Å²) in [5.41, 5.74) is 0.733. The number of amides is 1. The molecule has 4 rings (SSSR count). The van der Waals surface area contributed by atoms with Gasteiger partial charge in [0.1, 0.15) is 11.3 Å². The molecule has 0 aliphatic carbocycles. The van der Waals surface area contributed by atoms with Gasteiger partial charge in [0.2, 0.25) is 5.91 Å². The van der Waals surface area contributed by atoms with Gasteiger partial charge < -0.3 is 9.47 Å². The SMILES string of the molecule is CCOc1cccc2sc(N(CC3CCCO3)C(=O)CCCS(=O)(=O)c3ccccc3)nc12. The lowest BCUT2D eigenvalue weighted by Crippen LogP contribution is -2.37. The van der Waals surface area contributed by atoms with Crippen molar-refractivity contribution >= 4 is 42.4 Å². The molecule has 1 unspecified atom stereocenters. The van der Waals surface area contributed by atoms with E-state index >= 15 is 0 Å². The molecule has 0 spiro atoms. The van der Waals surface area contributed by atoms with Crippen LogP contribution in [0.3, 0.4) is 0 Å². The normalized spacial score (nSPS) is 16.2. The third-order valence-corrected chi connectivity index (χ3v) is 8.38. The number of sulfone groups is 1. The summed E-state index contributed by atoms with van der Waals surface area (Å²) in [4.78, 5) is 19.9. The van der Waals surface area contributed by atoms with E-state index in [1.165, 1.54) is 11.3 Å². The second-order valence-corrected chi connectivity index (χ2v) is 11.0. The molecule has 1 atom stereocenters. The molecule has 9 heteroatoms. The van der Waals surface area contributed by atoms with Crippen molar-refractivity contribution < 1.29 is 22.7 Å². The lowest BCUT2D eigenvalue weighted by molar-refractivity contribution is -0.119. The summed E-state index contributed by atoms with van der Waals surface area (Å²) in [6, 6.07) is 14.1. The molecule has 0 radical (unpaired) electrons. The number of rotatable bonds is 10. The minimum atomic E-state index is -3.43. The molecule has 1 aromatic heterocycles. The topological polar surface area (TPSA) is 85.8 Å². The smallest absolute Gasteiger partial charge is 0.228 e. The van der Waals surface area contributed by atoms with Crippen molar-refractivity contribution in [3.8, 4) is 5.75 Å². The quantitative estimate of drug-likeness (QED) is 0.419. The fourth-order valence-electron chi connectivity index (χ4n) is 3.87. The van der Waals surface area contributed by atoms with Crippen molar-refractivity contribution in [2.45, 2.75) is 43.6 Å². The Balaban J connectivity index is 1.51. The number of fused-ring (bicyclic) bond motifs is 1. The number of benzene rings is 2. The maximum atomic E-state index is 13.3. The number of nitrogens with zero attached hydrogens (tertiary/aromatic N) is 2. The van der Waals surface area contributed by atoms with E-state index in [1.54, 1.807) is 35.2 Å². The third kappa shape index (κ3) is 5.72. The molecule has 33 heavy (non-hydrogen) atoms. The molecular formula is C24H28N2O5S2. The van der Waals surface area contributed by atoms with E-state index in [0.29, 0.717) is 30.6 Å². The molecule has 7 nitrogen and oxygen atoms in total. The predicted molar refractivity (Wildman–Crippen MR) is 130 cm³/mol. The van der Waals surface area contributed by atoms with Crippen LogP contribution in [0.4, 0.5) is 5.13 Å². The van der Waals surface area contributed by atoms with Gasteiger partial charge in [-0.3, -0.25) is 9.69 Å².